The monoisotopic (exact) mass is 271 g/mol. The summed E-state index contributed by atoms with van der Waals surface area (Å²) in [6.07, 6.45) is 3.58. The molecule has 1 heterocycles. The second kappa shape index (κ2) is 6.06. The number of carbonyl (C=O) groups is 1. The molecule has 0 aliphatic rings. The molecule has 2 rings (SSSR count). The van der Waals surface area contributed by atoms with Crippen LogP contribution < -0.4 is 11.1 Å². The van der Waals surface area contributed by atoms with Crippen LogP contribution >= 0.6 is 0 Å². The van der Waals surface area contributed by atoms with E-state index in [4.69, 9.17) is 10.5 Å². The number of hydrogen-bond donors (Lipinski definition) is 2. The first kappa shape index (κ1) is 13.9. The highest BCUT2D eigenvalue weighted by Gasteiger charge is 2.10. The maximum atomic E-state index is 11.6. The summed E-state index contributed by atoms with van der Waals surface area (Å²) in [5.41, 5.74) is 9.61. The fourth-order valence-corrected chi connectivity index (χ4v) is 1.85. The minimum Gasteiger partial charge on any atom is -0.465 e. The van der Waals surface area contributed by atoms with Crippen LogP contribution in [0.25, 0.3) is 0 Å². The van der Waals surface area contributed by atoms with E-state index in [0.717, 1.165) is 16.8 Å². The molecule has 0 aliphatic heterocycles. The van der Waals surface area contributed by atoms with Crippen molar-refractivity contribution >= 4 is 17.3 Å². The van der Waals surface area contributed by atoms with Crippen LogP contribution in [-0.4, -0.2) is 18.1 Å². The Morgan fingerprint density at radius 1 is 1.40 bits per heavy atom. The van der Waals surface area contributed by atoms with Crippen molar-refractivity contribution in [2.75, 3.05) is 18.2 Å². The number of pyridine rings is 1. The van der Waals surface area contributed by atoms with E-state index in [-0.39, 0.29) is 0 Å². The molecule has 0 bridgehead atoms. The molecule has 0 amide bonds. The third kappa shape index (κ3) is 3.06. The summed E-state index contributed by atoms with van der Waals surface area (Å²) in [5.74, 6) is -0.439. The highest BCUT2D eigenvalue weighted by Crippen LogP contribution is 2.19. The van der Waals surface area contributed by atoms with E-state index in [1.54, 1.807) is 18.3 Å². The van der Waals surface area contributed by atoms with Gasteiger partial charge in [0, 0.05) is 30.3 Å². The van der Waals surface area contributed by atoms with Crippen molar-refractivity contribution in [1.29, 1.82) is 0 Å². The number of methoxy groups -OCH3 is 1. The third-order valence-electron chi connectivity index (χ3n) is 3.08. The third-order valence-corrected chi connectivity index (χ3v) is 3.08. The number of anilines is 2. The Labute approximate surface area is 117 Å². The topological polar surface area (TPSA) is 77.2 Å². The number of aryl methyl sites for hydroxylation is 1. The van der Waals surface area contributed by atoms with Crippen LogP contribution in [0.2, 0.25) is 0 Å². The molecule has 0 spiro atoms. The Morgan fingerprint density at radius 3 is 2.90 bits per heavy atom. The Kier molecular flexibility index (Phi) is 4.20. The molecule has 5 nitrogen and oxygen atoms in total. The zero-order chi connectivity index (χ0) is 14.5. The number of hydrogen-bond acceptors (Lipinski definition) is 5. The van der Waals surface area contributed by atoms with Crippen molar-refractivity contribution in [1.82, 2.24) is 4.98 Å². The number of nitrogen functional groups attached to an aromatic ring is 1. The van der Waals surface area contributed by atoms with Gasteiger partial charge in [0.25, 0.3) is 0 Å². The highest BCUT2D eigenvalue weighted by atomic mass is 16.5. The molecule has 3 N–H and O–H groups in total. The quantitative estimate of drug-likeness (QED) is 0.659. The van der Waals surface area contributed by atoms with Gasteiger partial charge in [0.1, 0.15) is 0 Å². The molecule has 1 aromatic carbocycles. The number of aromatic nitrogens is 1. The molecule has 0 unspecified atom stereocenters. The first-order valence-electron chi connectivity index (χ1n) is 6.23. The van der Waals surface area contributed by atoms with Crippen LogP contribution in [0.4, 0.5) is 11.4 Å². The number of nitrogens with one attached hydrogen (secondary N) is 1. The summed E-state index contributed by atoms with van der Waals surface area (Å²) in [6, 6.07) is 7.17. The van der Waals surface area contributed by atoms with Crippen molar-refractivity contribution < 1.29 is 9.53 Å². The Hall–Kier alpha value is -2.56. The Balaban J connectivity index is 2.14. The zero-order valence-corrected chi connectivity index (χ0v) is 11.5. The van der Waals surface area contributed by atoms with E-state index in [9.17, 15) is 4.79 Å². The first-order chi connectivity index (χ1) is 9.61. The summed E-state index contributed by atoms with van der Waals surface area (Å²) < 4.78 is 4.70. The smallest absolute Gasteiger partial charge is 0.340 e. The molecule has 20 heavy (non-hydrogen) atoms. The van der Waals surface area contributed by atoms with Crippen LogP contribution in [0, 0.1) is 6.92 Å². The summed E-state index contributed by atoms with van der Waals surface area (Å²) >= 11 is 0. The molecule has 1 aromatic heterocycles. The van der Waals surface area contributed by atoms with Gasteiger partial charge in [0.15, 0.2) is 0 Å². The molecule has 0 saturated carbocycles. The van der Waals surface area contributed by atoms with Crippen LogP contribution in [-0.2, 0) is 11.3 Å². The van der Waals surface area contributed by atoms with E-state index in [1.165, 1.54) is 7.11 Å². The molecule has 0 radical (unpaired) electrons. The van der Waals surface area contributed by atoms with E-state index < -0.39 is 5.97 Å². The molecule has 5 heteroatoms. The van der Waals surface area contributed by atoms with Crippen molar-refractivity contribution in [3.05, 3.63) is 53.3 Å². The van der Waals surface area contributed by atoms with Gasteiger partial charge in [0.2, 0.25) is 0 Å². The van der Waals surface area contributed by atoms with Crippen molar-refractivity contribution in [3.63, 3.8) is 0 Å². The maximum Gasteiger partial charge on any atom is 0.340 e. The molecule has 104 valence electrons. The van der Waals surface area contributed by atoms with Gasteiger partial charge >= 0.3 is 5.97 Å². The second-order valence-electron chi connectivity index (χ2n) is 4.45. The minimum absolute atomic E-state index is 0.365. The van der Waals surface area contributed by atoms with Gasteiger partial charge in [-0.05, 0) is 42.3 Å². The summed E-state index contributed by atoms with van der Waals surface area (Å²) in [7, 11) is 1.34. The van der Waals surface area contributed by atoms with E-state index >= 15 is 0 Å². The van der Waals surface area contributed by atoms with Gasteiger partial charge in [-0.2, -0.15) is 0 Å². The van der Waals surface area contributed by atoms with Gasteiger partial charge in [-0.3, -0.25) is 4.98 Å². The van der Waals surface area contributed by atoms with Gasteiger partial charge in [0.05, 0.1) is 12.7 Å². The number of carbonyl (C=O) groups excluding carboxylic acids is 1. The maximum absolute atomic E-state index is 11.6. The first-order valence-corrected chi connectivity index (χ1v) is 6.23. The molecular formula is C15H17N3O2. The predicted molar refractivity (Wildman–Crippen MR) is 78.5 cm³/mol. The highest BCUT2D eigenvalue weighted by molar-refractivity contribution is 5.96. The number of rotatable bonds is 4. The van der Waals surface area contributed by atoms with E-state index in [1.807, 2.05) is 25.3 Å². The van der Waals surface area contributed by atoms with Crippen molar-refractivity contribution in [3.8, 4) is 0 Å². The molecule has 0 saturated heterocycles. The number of nitrogens with two attached hydrogens (primary N) is 1. The van der Waals surface area contributed by atoms with Gasteiger partial charge in [-0.1, -0.05) is 0 Å². The minimum atomic E-state index is -0.439. The molecule has 2 aromatic rings. The number of ether oxygens (including phenoxy) is 1. The summed E-state index contributed by atoms with van der Waals surface area (Å²) in [4.78, 5) is 15.6. The fourth-order valence-electron chi connectivity index (χ4n) is 1.85. The number of nitrogens with zero attached hydrogens (tertiary/aromatic N) is 1. The fraction of sp³-hybridized carbons (Fsp3) is 0.200. The van der Waals surface area contributed by atoms with Crippen LogP contribution in [0.15, 0.2) is 36.7 Å². The summed E-state index contributed by atoms with van der Waals surface area (Å²) in [6.45, 7) is 2.66. The van der Waals surface area contributed by atoms with Gasteiger partial charge in [-0.25, -0.2) is 4.79 Å². The lowest BCUT2D eigenvalue weighted by atomic mass is 10.1. The zero-order valence-electron chi connectivity index (χ0n) is 11.5. The Morgan fingerprint density at radius 2 is 2.20 bits per heavy atom. The van der Waals surface area contributed by atoms with Crippen LogP contribution in [0.5, 0.6) is 0 Å². The average molecular weight is 271 g/mol. The second-order valence-corrected chi connectivity index (χ2v) is 4.45. The molecule has 0 aliphatic carbocycles. The number of benzene rings is 1. The van der Waals surface area contributed by atoms with E-state index in [2.05, 4.69) is 10.3 Å². The van der Waals surface area contributed by atoms with Gasteiger partial charge < -0.3 is 15.8 Å². The molecule has 0 atom stereocenters. The summed E-state index contributed by atoms with van der Waals surface area (Å²) in [5, 5.41) is 3.26. The van der Waals surface area contributed by atoms with Crippen LogP contribution in [0.1, 0.15) is 21.5 Å². The van der Waals surface area contributed by atoms with Gasteiger partial charge in [-0.15, -0.1) is 0 Å². The lowest BCUT2D eigenvalue weighted by Gasteiger charge is -2.11. The van der Waals surface area contributed by atoms with Crippen LogP contribution in [0.3, 0.4) is 0 Å². The number of esters is 1. The molecular weight excluding hydrogens is 254 g/mol. The van der Waals surface area contributed by atoms with Crippen molar-refractivity contribution in [2.45, 2.75) is 13.5 Å². The predicted octanol–water partition coefficient (Wildman–Crippen LogP) is 2.37. The van der Waals surface area contributed by atoms with Crippen molar-refractivity contribution in [2.24, 2.45) is 0 Å². The lowest BCUT2D eigenvalue weighted by Crippen LogP contribution is -2.07. The average Bonchev–Trinajstić information content (AvgIpc) is 2.47. The normalized spacial score (nSPS) is 10.1. The SMILES string of the molecule is COC(=O)c1cc(NCc2ccncc2C)ccc1N. The lowest BCUT2D eigenvalue weighted by molar-refractivity contribution is 0.0602. The van der Waals surface area contributed by atoms with E-state index in [0.29, 0.717) is 17.8 Å². The molecule has 0 fully saturated rings. The Bertz CT molecular complexity index is 626. The standard InChI is InChI=1S/C15H17N3O2/c1-10-8-17-6-5-11(10)9-18-12-3-4-14(16)13(7-12)15(19)20-2/h3-8,18H,9,16H2,1-2H3. The largest absolute Gasteiger partial charge is 0.465 e.